The highest BCUT2D eigenvalue weighted by molar-refractivity contribution is 6.17. The Labute approximate surface area is 133 Å². The van der Waals surface area contributed by atoms with E-state index in [1.165, 1.54) is 62.9 Å². The first-order valence-electron chi connectivity index (χ1n) is 8.55. The van der Waals surface area contributed by atoms with Crippen LogP contribution in [-0.2, 0) is 12.3 Å². The van der Waals surface area contributed by atoms with Crippen molar-refractivity contribution < 1.29 is 0 Å². The second-order valence-electron chi connectivity index (χ2n) is 6.90. The molecule has 1 saturated carbocycles. The maximum absolute atomic E-state index is 6.06. The van der Waals surface area contributed by atoms with E-state index in [2.05, 4.69) is 24.0 Å². The van der Waals surface area contributed by atoms with Gasteiger partial charge in [-0.2, -0.15) is 0 Å². The van der Waals surface area contributed by atoms with Crippen LogP contribution >= 0.6 is 11.6 Å². The molecule has 0 bridgehead atoms. The summed E-state index contributed by atoms with van der Waals surface area (Å²) in [4.78, 5) is 7.36. The topological polar surface area (TPSA) is 16.1 Å². The van der Waals surface area contributed by atoms with Crippen molar-refractivity contribution in [2.24, 2.45) is 5.41 Å². The van der Waals surface area contributed by atoms with Gasteiger partial charge in [-0.1, -0.05) is 26.2 Å². The maximum atomic E-state index is 6.06. The summed E-state index contributed by atoms with van der Waals surface area (Å²) in [6.07, 6.45) is 10.7. The minimum absolute atomic E-state index is 0.587. The van der Waals surface area contributed by atoms with Gasteiger partial charge < -0.3 is 4.90 Å². The van der Waals surface area contributed by atoms with Crippen molar-refractivity contribution in [2.75, 3.05) is 18.0 Å². The van der Waals surface area contributed by atoms with Gasteiger partial charge >= 0.3 is 0 Å². The van der Waals surface area contributed by atoms with Crippen LogP contribution < -0.4 is 4.90 Å². The van der Waals surface area contributed by atoms with E-state index in [0.717, 1.165) is 18.7 Å². The summed E-state index contributed by atoms with van der Waals surface area (Å²) in [6.45, 7) is 4.55. The molecule has 2 nitrogen and oxygen atoms in total. The van der Waals surface area contributed by atoms with E-state index < -0.39 is 0 Å². The summed E-state index contributed by atoms with van der Waals surface area (Å²) in [5.41, 5.74) is 3.09. The number of hydrogen-bond donors (Lipinski definition) is 0. The van der Waals surface area contributed by atoms with E-state index in [1.54, 1.807) is 0 Å². The molecule has 2 heterocycles. The smallest absolute Gasteiger partial charge is 0.129 e. The number of nitrogens with zero attached hydrogens (tertiary/aromatic N) is 2. The number of anilines is 1. The van der Waals surface area contributed by atoms with Gasteiger partial charge in [-0.15, -0.1) is 11.6 Å². The lowest BCUT2D eigenvalue weighted by Gasteiger charge is -2.40. The second-order valence-corrected chi connectivity index (χ2v) is 7.17. The lowest BCUT2D eigenvalue weighted by Crippen LogP contribution is -2.39. The Kier molecular flexibility index (Phi) is 4.73. The monoisotopic (exact) mass is 306 g/mol. The Hall–Kier alpha value is -0.760. The molecule has 1 saturated heterocycles. The van der Waals surface area contributed by atoms with E-state index in [0.29, 0.717) is 11.3 Å². The average Bonchev–Trinajstić information content (AvgIpc) is 2.96. The van der Waals surface area contributed by atoms with Crippen LogP contribution in [0.15, 0.2) is 12.1 Å². The van der Waals surface area contributed by atoms with Crippen LogP contribution in [0.4, 0.5) is 5.82 Å². The summed E-state index contributed by atoms with van der Waals surface area (Å²) in [7, 11) is 0. The highest BCUT2D eigenvalue weighted by Gasteiger charge is 2.37. The fourth-order valence-electron chi connectivity index (χ4n) is 4.09. The van der Waals surface area contributed by atoms with Gasteiger partial charge in [0.05, 0.1) is 0 Å². The minimum atomic E-state index is 0.587. The molecule has 1 aromatic rings. The molecule has 2 fully saturated rings. The van der Waals surface area contributed by atoms with Crippen LogP contribution in [0.3, 0.4) is 0 Å². The van der Waals surface area contributed by atoms with Gasteiger partial charge in [-0.05, 0) is 55.2 Å². The van der Waals surface area contributed by atoms with Crippen LogP contribution in [0.25, 0.3) is 0 Å². The second kappa shape index (κ2) is 6.56. The lowest BCUT2D eigenvalue weighted by molar-refractivity contribution is 0.226. The standard InChI is InChI=1S/C18H27ClN2/c1-2-5-16-12-15(14-19)13-17(20-16)21-10-8-18(9-11-21)6-3-4-7-18/h12-13H,2-11,14H2,1H3. The van der Waals surface area contributed by atoms with Crippen molar-refractivity contribution >= 4 is 17.4 Å². The molecule has 1 spiro atoms. The Bertz CT molecular complexity index is 470. The third kappa shape index (κ3) is 3.36. The van der Waals surface area contributed by atoms with E-state index in [9.17, 15) is 0 Å². The summed E-state index contributed by atoms with van der Waals surface area (Å²) >= 11 is 6.06. The molecule has 21 heavy (non-hydrogen) atoms. The highest BCUT2D eigenvalue weighted by atomic mass is 35.5. The van der Waals surface area contributed by atoms with Gasteiger partial charge in [-0.3, -0.25) is 0 Å². The predicted molar refractivity (Wildman–Crippen MR) is 90.1 cm³/mol. The summed E-state index contributed by atoms with van der Waals surface area (Å²) in [5, 5.41) is 0. The first kappa shape index (κ1) is 15.1. The lowest BCUT2D eigenvalue weighted by atomic mass is 9.77. The van der Waals surface area contributed by atoms with Crippen molar-refractivity contribution in [3.63, 3.8) is 0 Å². The normalized spacial score (nSPS) is 21.1. The molecule has 0 atom stereocenters. The molecule has 1 aromatic heterocycles. The first-order valence-corrected chi connectivity index (χ1v) is 9.09. The summed E-state index contributed by atoms with van der Waals surface area (Å²) in [5.74, 6) is 1.74. The number of pyridine rings is 1. The van der Waals surface area contributed by atoms with Crippen LogP contribution in [0, 0.1) is 5.41 Å². The van der Waals surface area contributed by atoms with Gasteiger partial charge in [-0.25, -0.2) is 4.98 Å². The zero-order valence-electron chi connectivity index (χ0n) is 13.2. The fraction of sp³-hybridized carbons (Fsp3) is 0.722. The number of hydrogen-bond acceptors (Lipinski definition) is 2. The van der Waals surface area contributed by atoms with E-state index in [-0.39, 0.29) is 0 Å². The molecule has 0 N–H and O–H groups in total. The first-order chi connectivity index (χ1) is 10.2. The van der Waals surface area contributed by atoms with Gasteiger partial charge in [0.15, 0.2) is 0 Å². The van der Waals surface area contributed by atoms with Gasteiger partial charge in [0.2, 0.25) is 0 Å². The minimum Gasteiger partial charge on any atom is -0.357 e. The largest absolute Gasteiger partial charge is 0.357 e. The number of alkyl halides is 1. The third-order valence-corrected chi connectivity index (χ3v) is 5.71. The zero-order chi connectivity index (χ0) is 14.7. The van der Waals surface area contributed by atoms with Crippen molar-refractivity contribution in [3.8, 4) is 0 Å². The SMILES string of the molecule is CCCc1cc(CCl)cc(N2CCC3(CCCC3)CC2)n1. The van der Waals surface area contributed by atoms with E-state index >= 15 is 0 Å². The van der Waals surface area contributed by atoms with Crippen LogP contribution in [0.2, 0.25) is 0 Å². The van der Waals surface area contributed by atoms with Gasteiger partial charge in [0, 0.05) is 24.7 Å². The molecule has 3 rings (SSSR count). The quantitative estimate of drug-likeness (QED) is 0.733. The third-order valence-electron chi connectivity index (χ3n) is 5.40. The molecule has 0 radical (unpaired) electrons. The number of aromatic nitrogens is 1. The van der Waals surface area contributed by atoms with Gasteiger partial charge in [0.1, 0.15) is 5.82 Å². The average molecular weight is 307 g/mol. The highest BCUT2D eigenvalue weighted by Crippen LogP contribution is 2.46. The van der Waals surface area contributed by atoms with Crippen molar-refractivity contribution in [2.45, 2.75) is 64.2 Å². The Morgan fingerprint density at radius 3 is 2.48 bits per heavy atom. The van der Waals surface area contributed by atoms with Crippen LogP contribution in [0.1, 0.15) is 63.1 Å². The zero-order valence-corrected chi connectivity index (χ0v) is 14.0. The molecule has 3 heteroatoms. The van der Waals surface area contributed by atoms with Crippen molar-refractivity contribution in [3.05, 3.63) is 23.4 Å². The predicted octanol–water partition coefficient (Wildman–Crippen LogP) is 4.93. The Morgan fingerprint density at radius 1 is 1.14 bits per heavy atom. The molecular formula is C18H27ClN2. The van der Waals surface area contributed by atoms with Crippen LogP contribution in [0.5, 0.6) is 0 Å². The molecule has 116 valence electrons. The summed E-state index contributed by atoms with van der Waals surface area (Å²) < 4.78 is 0. The molecular weight excluding hydrogens is 280 g/mol. The van der Waals surface area contributed by atoms with E-state index in [4.69, 9.17) is 16.6 Å². The number of rotatable bonds is 4. The Balaban J connectivity index is 1.73. The fourth-order valence-corrected chi connectivity index (χ4v) is 4.25. The van der Waals surface area contributed by atoms with Crippen molar-refractivity contribution in [1.29, 1.82) is 0 Å². The molecule has 1 aliphatic heterocycles. The van der Waals surface area contributed by atoms with E-state index in [1.807, 2.05) is 0 Å². The van der Waals surface area contributed by atoms with Gasteiger partial charge in [0.25, 0.3) is 0 Å². The maximum Gasteiger partial charge on any atom is 0.129 e. The molecule has 1 aliphatic carbocycles. The number of aryl methyl sites for hydroxylation is 1. The molecule has 0 amide bonds. The number of piperidine rings is 1. The molecule has 0 aromatic carbocycles. The molecule has 0 unspecified atom stereocenters. The van der Waals surface area contributed by atoms with Crippen LogP contribution in [-0.4, -0.2) is 18.1 Å². The number of halogens is 1. The summed E-state index contributed by atoms with van der Waals surface area (Å²) in [6, 6.07) is 4.36. The molecule has 2 aliphatic rings. The van der Waals surface area contributed by atoms with Crippen molar-refractivity contribution in [1.82, 2.24) is 4.98 Å². The Morgan fingerprint density at radius 2 is 1.86 bits per heavy atom.